The van der Waals surface area contributed by atoms with Crippen LogP contribution in [0.3, 0.4) is 0 Å². The van der Waals surface area contributed by atoms with Gasteiger partial charge in [-0.15, -0.1) is 0 Å². The third-order valence-corrected chi connectivity index (χ3v) is 20.3. The maximum atomic E-state index is 14.4. The van der Waals surface area contributed by atoms with Crippen LogP contribution in [0.4, 0.5) is 4.79 Å². The molecule has 4 aliphatic heterocycles. The third kappa shape index (κ3) is 15.4. The summed E-state index contributed by atoms with van der Waals surface area (Å²) in [4.78, 5) is 47.4. The Morgan fingerprint density at radius 2 is 1.60 bits per heavy atom. The van der Waals surface area contributed by atoms with Gasteiger partial charge in [0.1, 0.15) is 36.6 Å². The van der Waals surface area contributed by atoms with Crippen molar-refractivity contribution in [3.8, 4) is 40.9 Å². The number of carbonyl (C=O) groups is 3. The Bertz CT molecular complexity index is 2690. The van der Waals surface area contributed by atoms with Crippen LogP contribution in [0.25, 0.3) is 0 Å². The molecule has 17 unspecified atom stereocenters. The minimum Gasteiger partial charge on any atom is -0.492 e. The van der Waals surface area contributed by atoms with Crippen molar-refractivity contribution in [2.75, 3.05) is 55.0 Å². The molecule has 2 aliphatic carbocycles. The van der Waals surface area contributed by atoms with Gasteiger partial charge in [0.05, 0.1) is 97.9 Å². The van der Waals surface area contributed by atoms with Crippen LogP contribution in [0.5, 0.6) is 17.2 Å². The van der Waals surface area contributed by atoms with Crippen molar-refractivity contribution in [2.45, 2.75) is 169 Å². The van der Waals surface area contributed by atoms with Crippen LogP contribution < -0.4 is 30.3 Å². The number of aliphatic hydroxyl groups is 5. The van der Waals surface area contributed by atoms with E-state index < -0.39 is 127 Å². The Morgan fingerprint density at radius 3 is 2.27 bits per heavy atom. The zero-order valence-electron chi connectivity index (χ0n) is 47.4. The Morgan fingerprint density at radius 1 is 0.880 bits per heavy atom. The lowest BCUT2D eigenvalue weighted by molar-refractivity contribution is -0.336. The summed E-state index contributed by atoms with van der Waals surface area (Å²) in [6.07, 6.45) is -13.8. The molecule has 1 amide bonds. The van der Waals surface area contributed by atoms with Gasteiger partial charge in [0.15, 0.2) is 41.8 Å². The quantitative estimate of drug-likeness (QED) is 0.0379. The Hall–Kier alpha value is -3.19. The number of likely N-dealkylation sites (N-methyl/N-ethyl adjacent to an activating group) is 1. The Kier molecular flexibility index (Phi) is 24.8. The number of fused-ring (bicyclic) bond motifs is 2. The van der Waals surface area contributed by atoms with Gasteiger partial charge < -0.3 is 87.7 Å². The van der Waals surface area contributed by atoms with E-state index in [0.717, 1.165) is 18.9 Å². The molecule has 0 aromatic heterocycles. The van der Waals surface area contributed by atoms with Gasteiger partial charge >= 0.3 is 6.09 Å². The van der Waals surface area contributed by atoms with E-state index in [1.54, 1.807) is 40.2 Å². The highest BCUT2D eigenvalue weighted by Crippen LogP contribution is 2.51. The first-order valence-electron chi connectivity index (χ1n) is 26.4. The number of hydrogen-bond donors (Lipinski definition) is 8. The number of hydroxylamine groups is 1. The van der Waals surface area contributed by atoms with Crippen LogP contribution in [0.1, 0.15) is 62.9 Å². The fourth-order valence-electron chi connectivity index (χ4n) is 10.3. The smallest absolute Gasteiger partial charge is 0.411 e. The van der Waals surface area contributed by atoms with Crippen molar-refractivity contribution in [3.05, 3.63) is 50.0 Å². The molecular formula is C54H72BrN3O21S4. The number of halogens is 1. The fourth-order valence-corrected chi connectivity index (χ4v) is 14.1. The standard InChI is InChI=1S/C54H72BrN3O21S4/c1-12-56-29-22-72-34(20-33(29)67-6)77-47-42(62)39(25(3)74-52(47)76-32-17-15-13-14-16-18-54(66)21-31(60)40(57-53(65)71-10)37(32)28(54)23-81-83-80-11)58-79-35-19-30(59)49(27(5)73-35)82-50(64)36-24(2)38(55)45(48(70-9)44(36)68-7)78-51-43(63)46(69-8)41(61)26(4)75-51/h13-14,23,25-27,29-30,32-35,39,41-43,46-47,49,51-52,56,58-59,61-63,66H,12,19-22H2,1-11H3,(H,57,65)/b14-13-,28-23?/t25?,26?,27?,29?,30?,32-,33?,34?,35?,39?,41?,42?,43?,46?,47?,49?,51?,52?,54+/m1/s1. The molecule has 0 radical (unpaired) electrons. The van der Waals surface area contributed by atoms with Crippen LogP contribution in [-0.4, -0.2) is 213 Å². The van der Waals surface area contributed by atoms with Gasteiger partial charge in [0.25, 0.3) is 0 Å². The summed E-state index contributed by atoms with van der Waals surface area (Å²) in [6, 6.07) is -1.27. The van der Waals surface area contributed by atoms with E-state index in [2.05, 4.69) is 55.7 Å². The number of benzene rings is 1. The van der Waals surface area contributed by atoms with Crippen molar-refractivity contribution in [1.29, 1.82) is 0 Å². The molecule has 7 rings (SSSR count). The van der Waals surface area contributed by atoms with E-state index in [0.29, 0.717) is 12.1 Å². The topological polar surface area (TPSA) is 308 Å². The van der Waals surface area contributed by atoms with Crippen molar-refractivity contribution < 1.29 is 102 Å². The van der Waals surface area contributed by atoms with Crippen molar-refractivity contribution >= 4 is 76.1 Å². The van der Waals surface area contributed by atoms with E-state index in [9.17, 15) is 39.9 Å². The third-order valence-electron chi connectivity index (χ3n) is 14.6. The summed E-state index contributed by atoms with van der Waals surface area (Å²) in [5.74, 6) is 10.8. The highest BCUT2D eigenvalue weighted by Gasteiger charge is 2.52. The minimum absolute atomic E-state index is 0.000854. The number of carbonyl (C=O) groups excluding carboxylic acids is 3. The zero-order chi connectivity index (χ0) is 60.4. The lowest BCUT2D eigenvalue weighted by Crippen LogP contribution is -2.65. The molecule has 83 heavy (non-hydrogen) atoms. The number of thioether (sulfide) groups is 1. The number of hydrogen-bond acceptors (Lipinski definition) is 27. The highest BCUT2D eigenvalue weighted by molar-refractivity contribution is 9.10. The number of methoxy groups -OCH3 is 5. The normalized spacial score (nSPS) is 36.2. The van der Waals surface area contributed by atoms with E-state index in [1.165, 1.54) is 64.9 Å². The number of rotatable bonds is 21. The highest BCUT2D eigenvalue weighted by atomic mass is 79.9. The van der Waals surface area contributed by atoms with Crippen molar-refractivity contribution in [1.82, 2.24) is 16.1 Å². The molecule has 24 nitrogen and oxygen atoms in total. The Labute approximate surface area is 506 Å². The molecule has 0 saturated carbocycles. The second-order valence-electron chi connectivity index (χ2n) is 19.8. The summed E-state index contributed by atoms with van der Waals surface area (Å²) in [5, 5.41) is 64.1. The average molecular weight is 1310 g/mol. The molecule has 460 valence electrons. The van der Waals surface area contributed by atoms with Crippen LogP contribution in [0.15, 0.2) is 38.9 Å². The van der Waals surface area contributed by atoms with Crippen molar-refractivity contribution in [3.63, 3.8) is 0 Å². The van der Waals surface area contributed by atoms with Gasteiger partial charge in [-0.2, -0.15) is 5.48 Å². The molecule has 1 aromatic carbocycles. The number of aliphatic hydroxyl groups excluding tert-OH is 4. The second kappa shape index (κ2) is 30.6. The van der Waals surface area contributed by atoms with Crippen molar-refractivity contribution in [2.24, 2.45) is 0 Å². The second-order valence-corrected chi connectivity index (χ2v) is 25.8. The van der Waals surface area contributed by atoms with E-state index >= 15 is 0 Å². The molecule has 1 aromatic rings. The average Bonchev–Trinajstić information content (AvgIpc) is 3.15. The molecule has 4 heterocycles. The molecule has 2 bridgehead atoms. The SMILES string of the molecule is CCNC1COC(OC2C(O[C@@H]3C#C/C=C\C#C[C@]4(O)CC(=O)C(NC(=O)OC)=C3C4=CSSSC)OC(C)C(NOC3CC(O)C(SC(=O)c4c(C)c(Br)c(OC5OC(C)C(O)C(OC)C5O)c(OC)c4OC)C(C)O3)C2O)CC1OC. The van der Waals surface area contributed by atoms with Crippen LogP contribution >= 0.6 is 59.1 Å². The number of allylic oxidation sites excluding steroid dienone is 3. The molecular weight excluding hydrogens is 1230 g/mol. The van der Waals surface area contributed by atoms with Gasteiger partial charge in [-0.25, -0.2) is 4.79 Å². The molecule has 29 heteroatoms. The number of amides is 1. The van der Waals surface area contributed by atoms with E-state index in [1.807, 2.05) is 13.2 Å². The molecule has 8 N–H and O–H groups in total. The van der Waals surface area contributed by atoms with Crippen LogP contribution in [-0.2, 0) is 52.3 Å². The largest absolute Gasteiger partial charge is 0.492 e. The number of Topliss-reactive ketones (excluding diaryl/α,β-unsaturated/α-hetero) is 1. The first-order chi connectivity index (χ1) is 39.7. The van der Waals surface area contributed by atoms with Crippen LogP contribution in [0.2, 0.25) is 0 Å². The van der Waals surface area contributed by atoms with E-state index in [-0.39, 0.29) is 75.7 Å². The molecule has 4 fully saturated rings. The van der Waals surface area contributed by atoms with Gasteiger partial charge in [0.2, 0.25) is 17.2 Å². The van der Waals surface area contributed by atoms with Crippen LogP contribution in [0, 0.1) is 30.6 Å². The first kappa shape index (κ1) is 67.3. The summed E-state index contributed by atoms with van der Waals surface area (Å²) in [7, 11) is 10.8. The number of ketones is 1. The monoisotopic (exact) mass is 1310 g/mol. The Balaban J connectivity index is 1.12. The maximum Gasteiger partial charge on any atom is 0.411 e. The number of ether oxygens (including phenoxy) is 12. The summed E-state index contributed by atoms with van der Waals surface area (Å²) in [5.41, 5.74) is 1.09. The molecule has 6 aliphatic rings. The molecule has 4 saturated heterocycles. The van der Waals surface area contributed by atoms with Gasteiger partial charge in [-0.3, -0.25) is 19.7 Å². The van der Waals surface area contributed by atoms with Gasteiger partial charge in [0, 0.05) is 38.2 Å². The van der Waals surface area contributed by atoms with E-state index in [4.69, 9.17) is 61.7 Å². The van der Waals surface area contributed by atoms with Gasteiger partial charge in [-0.05, 0) is 89.4 Å². The lowest BCUT2D eigenvalue weighted by Gasteiger charge is -2.46. The molecule has 0 spiro atoms. The number of nitrogens with one attached hydrogen (secondary N) is 3. The zero-order valence-corrected chi connectivity index (χ0v) is 52.3. The lowest BCUT2D eigenvalue weighted by atomic mass is 9.76. The number of alkyl carbamates (subject to hydrolysis) is 1. The summed E-state index contributed by atoms with van der Waals surface area (Å²) in [6.45, 7) is 9.33. The molecule has 19 atom stereocenters. The minimum atomic E-state index is -2.07. The maximum absolute atomic E-state index is 14.4. The summed E-state index contributed by atoms with van der Waals surface area (Å²) < 4.78 is 72.1. The predicted molar refractivity (Wildman–Crippen MR) is 310 cm³/mol. The first-order valence-corrected chi connectivity index (χ1v) is 32.0. The predicted octanol–water partition coefficient (Wildman–Crippen LogP) is 3.31. The van der Waals surface area contributed by atoms with Gasteiger partial charge in [-0.1, -0.05) is 64.0 Å². The summed E-state index contributed by atoms with van der Waals surface area (Å²) >= 11 is 4.35. The fraction of sp³-hybridized carbons (Fsp3) is 0.648.